The molecular formula is C6H19N3O3Si. The lowest BCUT2D eigenvalue weighted by Crippen LogP contribution is -2.66. The second kappa shape index (κ2) is 5.01. The van der Waals surface area contributed by atoms with Crippen molar-refractivity contribution in [1.82, 2.24) is 0 Å². The van der Waals surface area contributed by atoms with Gasteiger partial charge in [-0.05, 0) is 0 Å². The van der Waals surface area contributed by atoms with Gasteiger partial charge in [-0.25, -0.2) is 0 Å². The number of hydrogen-bond acceptors (Lipinski definition) is 6. The SMILES string of the molecule is CCC[Si](OC)(OC)OC(N)(N)N. The third-order valence-corrected chi connectivity index (χ3v) is 4.53. The Morgan fingerprint density at radius 2 is 1.62 bits per heavy atom. The van der Waals surface area contributed by atoms with Crippen LogP contribution < -0.4 is 17.2 Å². The molecule has 0 aromatic carbocycles. The second-order valence-corrected chi connectivity index (χ2v) is 5.68. The van der Waals surface area contributed by atoms with E-state index in [-0.39, 0.29) is 0 Å². The van der Waals surface area contributed by atoms with E-state index in [0.717, 1.165) is 6.42 Å². The molecule has 6 nitrogen and oxygen atoms in total. The third kappa shape index (κ3) is 4.67. The molecule has 0 heterocycles. The molecular weight excluding hydrogens is 190 g/mol. The van der Waals surface area contributed by atoms with Crippen LogP contribution in [0.1, 0.15) is 13.3 Å². The summed E-state index contributed by atoms with van der Waals surface area (Å²) in [5.41, 5.74) is 15.9. The molecule has 7 heteroatoms. The summed E-state index contributed by atoms with van der Waals surface area (Å²) < 4.78 is 15.5. The van der Waals surface area contributed by atoms with E-state index in [1.165, 1.54) is 14.2 Å². The summed E-state index contributed by atoms with van der Waals surface area (Å²) in [5.74, 6) is -1.70. The maximum Gasteiger partial charge on any atom is 0.503 e. The lowest BCUT2D eigenvalue weighted by Gasteiger charge is -2.32. The van der Waals surface area contributed by atoms with Crippen molar-refractivity contribution < 1.29 is 13.3 Å². The van der Waals surface area contributed by atoms with Gasteiger partial charge in [0, 0.05) is 20.3 Å². The van der Waals surface area contributed by atoms with Crippen LogP contribution in [-0.2, 0) is 13.3 Å². The standard InChI is InChI=1S/C6H19N3O3Si/c1-4-5-13(10-2,11-3)12-6(7,8)9/h4-5,7-9H2,1-3H3. The highest BCUT2D eigenvalue weighted by molar-refractivity contribution is 6.60. The Morgan fingerprint density at radius 1 is 1.15 bits per heavy atom. The monoisotopic (exact) mass is 209 g/mol. The molecule has 13 heavy (non-hydrogen) atoms. The van der Waals surface area contributed by atoms with E-state index >= 15 is 0 Å². The molecule has 80 valence electrons. The van der Waals surface area contributed by atoms with E-state index in [1.807, 2.05) is 6.92 Å². The molecule has 0 unspecified atom stereocenters. The molecule has 0 fully saturated rings. The molecule has 0 saturated heterocycles. The molecule has 0 radical (unpaired) electrons. The van der Waals surface area contributed by atoms with Crippen LogP contribution in [0.2, 0.25) is 6.04 Å². The van der Waals surface area contributed by atoms with Crippen molar-refractivity contribution in [3.63, 3.8) is 0 Å². The predicted molar refractivity (Wildman–Crippen MR) is 51.2 cm³/mol. The minimum absolute atomic E-state index is 0.632. The number of rotatable bonds is 6. The zero-order valence-corrected chi connectivity index (χ0v) is 9.37. The zero-order chi connectivity index (χ0) is 10.5. The van der Waals surface area contributed by atoms with Crippen LogP contribution in [0, 0.1) is 0 Å². The Kier molecular flexibility index (Phi) is 5.00. The van der Waals surface area contributed by atoms with Crippen molar-refractivity contribution in [2.45, 2.75) is 25.4 Å². The van der Waals surface area contributed by atoms with Gasteiger partial charge in [-0.3, -0.25) is 17.2 Å². The summed E-state index contributed by atoms with van der Waals surface area (Å²) in [6, 6.07) is 0.632. The summed E-state index contributed by atoms with van der Waals surface area (Å²) in [6.07, 6.45) is 0.851. The van der Waals surface area contributed by atoms with Crippen molar-refractivity contribution in [3.8, 4) is 0 Å². The van der Waals surface area contributed by atoms with Crippen LogP contribution >= 0.6 is 0 Å². The summed E-state index contributed by atoms with van der Waals surface area (Å²) in [5, 5.41) is 0. The first-order chi connectivity index (χ1) is 5.89. The van der Waals surface area contributed by atoms with Gasteiger partial charge in [0.1, 0.15) is 0 Å². The highest BCUT2D eigenvalue weighted by Crippen LogP contribution is 2.17. The van der Waals surface area contributed by atoms with Crippen LogP contribution in [0.25, 0.3) is 0 Å². The quantitative estimate of drug-likeness (QED) is 0.388. The highest BCUT2D eigenvalue weighted by atomic mass is 28.4. The topological polar surface area (TPSA) is 106 Å². The number of nitrogens with two attached hydrogens (primary N) is 3. The van der Waals surface area contributed by atoms with Crippen molar-refractivity contribution in [2.75, 3.05) is 14.2 Å². The Hall–Kier alpha value is -0.0231. The molecule has 6 N–H and O–H groups in total. The van der Waals surface area contributed by atoms with E-state index in [4.69, 9.17) is 30.5 Å². The fourth-order valence-electron chi connectivity index (χ4n) is 0.997. The summed E-state index contributed by atoms with van der Waals surface area (Å²) >= 11 is 0. The zero-order valence-electron chi connectivity index (χ0n) is 8.37. The van der Waals surface area contributed by atoms with E-state index in [0.29, 0.717) is 6.04 Å². The molecule has 0 aliphatic carbocycles. The largest absolute Gasteiger partial charge is 0.503 e. The molecule has 0 atom stereocenters. The van der Waals surface area contributed by atoms with E-state index in [1.54, 1.807) is 0 Å². The fourth-order valence-corrected chi connectivity index (χ4v) is 2.99. The van der Waals surface area contributed by atoms with Crippen molar-refractivity contribution in [2.24, 2.45) is 17.2 Å². The van der Waals surface area contributed by atoms with Crippen LogP contribution in [0.3, 0.4) is 0 Å². The molecule has 0 spiro atoms. The van der Waals surface area contributed by atoms with Crippen LogP contribution in [0.4, 0.5) is 0 Å². The Morgan fingerprint density at radius 3 is 1.85 bits per heavy atom. The maximum absolute atomic E-state index is 5.31. The van der Waals surface area contributed by atoms with Crippen LogP contribution in [0.5, 0.6) is 0 Å². The molecule has 0 aliphatic rings. The van der Waals surface area contributed by atoms with Crippen molar-refractivity contribution >= 4 is 8.80 Å². The van der Waals surface area contributed by atoms with Gasteiger partial charge in [0.2, 0.25) is 5.97 Å². The number of hydrogen-bond donors (Lipinski definition) is 3. The second-order valence-electron chi connectivity index (χ2n) is 2.80. The molecule has 0 bridgehead atoms. The average molecular weight is 209 g/mol. The highest BCUT2D eigenvalue weighted by Gasteiger charge is 2.42. The molecule has 0 aromatic rings. The van der Waals surface area contributed by atoms with Gasteiger partial charge >= 0.3 is 8.80 Å². The molecule has 0 saturated carbocycles. The van der Waals surface area contributed by atoms with Crippen molar-refractivity contribution in [1.29, 1.82) is 0 Å². The molecule has 0 aromatic heterocycles. The van der Waals surface area contributed by atoms with Gasteiger partial charge in [0.05, 0.1) is 0 Å². The van der Waals surface area contributed by atoms with Gasteiger partial charge in [0.25, 0.3) is 0 Å². The maximum atomic E-state index is 5.31. The molecule has 0 aliphatic heterocycles. The lowest BCUT2D eigenvalue weighted by molar-refractivity contribution is -0.00634. The van der Waals surface area contributed by atoms with Gasteiger partial charge in [-0.15, -0.1) is 0 Å². The van der Waals surface area contributed by atoms with E-state index < -0.39 is 14.8 Å². The average Bonchev–Trinajstić information content (AvgIpc) is 2.01. The van der Waals surface area contributed by atoms with E-state index in [9.17, 15) is 0 Å². The fraction of sp³-hybridized carbons (Fsp3) is 1.00. The Labute approximate surface area is 79.7 Å². The van der Waals surface area contributed by atoms with Crippen LogP contribution in [-0.4, -0.2) is 29.0 Å². The minimum Gasteiger partial charge on any atom is -0.377 e. The summed E-state index contributed by atoms with van der Waals surface area (Å²) in [7, 11) is 0.240. The van der Waals surface area contributed by atoms with Gasteiger partial charge in [-0.2, -0.15) is 0 Å². The van der Waals surface area contributed by atoms with Gasteiger partial charge in [0.15, 0.2) is 0 Å². The first-order valence-electron chi connectivity index (χ1n) is 4.06. The molecule has 0 rings (SSSR count). The third-order valence-electron chi connectivity index (χ3n) is 1.51. The first-order valence-corrected chi connectivity index (χ1v) is 5.99. The Balaban J connectivity index is 4.38. The van der Waals surface area contributed by atoms with Crippen LogP contribution in [0.15, 0.2) is 0 Å². The van der Waals surface area contributed by atoms with Gasteiger partial charge < -0.3 is 13.3 Å². The Bertz CT molecular complexity index is 147. The van der Waals surface area contributed by atoms with Crippen molar-refractivity contribution in [3.05, 3.63) is 0 Å². The predicted octanol–water partition coefficient (Wildman–Crippen LogP) is -0.868. The summed E-state index contributed by atoms with van der Waals surface area (Å²) in [4.78, 5) is 0. The van der Waals surface area contributed by atoms with E-state index in [2.05, 4.69) is 0 Å². The first kappa shape index (κ1) is 13.0. The smallest absolute Gasteiger partial charge is 0.377 e. The summed E-state index contributed by atoms with van der Waals surface area (Å²) in [6.45, 7) is 1.98. The normalized spacial score (nSPS) is 13.4. The molecule has 0 amide bonds. The van der Waals surface area contributed by atoms with Gasteiger partial charge in [-0.1, -0.05) is 13.3 Å². The minimum atomic E-state index is -2.75. The lowest BCUT2D eigenvalue weighted by atomic mass is 10.6.